The van der Waals surface area contributed by atoms with Crippen LogP contribution in [0.1, 0.15) is 34.1 Å². The van der Waals surface area contributed by atoms with Crippen LogP contribution in [0.4, 0.5) is 5.69 Å². The third-order valence-corrected chi connectivity index (χ3v) is 4.75. The van der Waals surface area contributed by atoms with Crippen LogP contribution in [0, 0.1) is 5.41 Å². The quantitative estimate of drug-likeness (QED) is 0.881. The summed E-state index contributed by atoms with van der Waals surface area (Å²) in [6.07, 6.45) is 1.51. The molecule has 1 unspecified atom stereocenters. The van der Waals surface area contributed by atoms with Crippen molar-refractivity contribution < 1.29 is 4.74 Å². The molecule has 1 N–H and O–H groups in total. The molecule has 1 saturated heterocycles. The van der Waals surface area contributed by atoms with Crippen molar-refractivity contribution in [3.63, 3.8) is 0 Å². The number of hydrogen-bond acceptors (Lipinski definition) is 3. The first-order valence-corrected chi connectivity index (χ1v) is 8.24. The van der Waals surface area contributed by atoms with Crippen molar-refractivity contribution in [2.24, 2.45) is 5.41 Å². The molecule has 0 aliphatic carbocycles. The van der Waals surface area contributed by atoms with Crippen molar-refractivity contribution in [1.82, 2.24) is 0 Å². The molecule has 1 aromatic carbocycles. The van der Waals surface area contributed by atoms with Crippen LogP contribution in [0.25, 0.3) is 0 Å². The van der Waals surface area contributed by atoms with E-state index < -0.39 is 0 Å². The second-order valence-electron chi connectivity index (χ2n) is 6.20. The fourth-order valence-corrected chi connectivity index (χ4v) is 3.88. The summed E-state index contributed by atoms with van der Waals surface area (Å²) < 4.78 is 5.67. The summed E-state index contributed by atoms with van der Waals surface area (Å²) >= 11 is 2.05. The van der Waals surface area contributed by atoms with Gasteiger partial charge >= 0.3 is 0 Å². The molecule has 2 nitrogen and oxygen atoms in total. The lowest BCUT2D eigenvalue weighted by Crippen LogP contribution is -2.41. The van der Waals surface area contributed by atoms with Crippen molar-refractivity contribution in [1.29, 1.82) is 0 Å². The Balaban J connectivity index is 1.99. The third-order valence-electron chi connectivity index (χ3n) is 3.69. The summed E-state index contributed by atoms with van der Waals surface area (Å²) in [6, 6.07) is 8.87. The number of thioether (sulfide) groups is 1. The molecular weight excluding hydrogens is 254 g/mol. The molecule has 1 fully saturated rings. The Morgan fingerprint density at radius 2 is 1.95 bits per heavy atom. The molecule has 19 heavy (non-hydrogen) atoms. The molecule has 2 rings (SSSR count). The maximum absolute atomic E-state index is 5.67. The third kappa shape index (κ3) is 4.07. The number of anilines is 1. The lowest BCUT2D eigenvalue weighted by Gasteiger charge is -2.39. The Bertz CT molecular complexity index is 400. The molecule has 106 valence electrons. The predicted octanol–water partition coefficient (Wildman–Crippen LogP) is 4.42. The second kappa shape index (κ2) is 6.08. The maximum atomic E-state index is 5.67. The van der Waals surface area contributed by atoms with Gasteiger partial charge in [-0.1, -0.05) is 13.8 Å². The Kier molecular flexibility index (Phi) is 4.67. The minimum Gasteiger partial charge on any atom is -0.491 e. The number of nitrogens with one attached hydrogen (secondary N) is 1. The summed E-state index contributed by atoms with van der Waals surface area (Å²) in [5.74, 6) is 3.42. The van der Waals surface area contributed by atoms with Crippen LogP contribution in [-0.4, -0.2) is 23.7 Å². The zero-order valence-corrected chi connectivity index (χ0v) is 13.2. The molecule has 1 aliphatic rings. The monoisotopic (exact) mass is 279 g/mol. The molecule has 3 heteroatoms. The van der Waals surface area contributed by atoms with Crippen molar-refractivity contribution in [3.8, 4) is 5.75 Å². The Labute approximate surface area is 121 Å². The Hall–Kier alpha value is -0.830. The van der Waals surface area contributed by atoms with Gasteiger partial charge in [0.05, 0.1) is 6.10 Å². The fourth-order valence-electron chi connectivity index (χ4n) is 2.28. The number of ether oxygens (including phenoxy) is 1. The van der Waals surface area contributed by atoms with Crippen LogP contribution >= 0.6 is 11.8 Å². The van der Waals surface area contributed by atoms with Gasteiger partial charge in [0.25, 0.3) is 0 Å². The highest BCUT2D eigenvalue weighted by Crippen LogP contribution is 2.36. The van der Waals surface area contributed by atoms with Gasteiger partial charge in [-0.2, -0.15) is 11.8 Å². The first kappa shape index (κ1) is 14.6. The molecule has 1 aromatic rings. The van der Waals surface area contributed by atoms with Crippen molar-refractivity contribution in [2.75, 3.05) is 16.8 Å². The predicted molar refractivity (Wildman–Crippen MR) is 85.3 cm³/mol. The van der Waals surface area contributed by atoms with Crippen molar-refractivity contribution in [3.05, 3.63) is 24.3 Å². The standard InChI is InChI=1S/C16H25NOS/c1-12(2)18-14-7-5-13(6-8-14)17-15-11-19-10-9-16(15,3)4/h5-8,12,15,17H,9-11H2,1-4H3. The smallest absolute Gasteiger partial charge is 0.119 e. The van der Waals surface area contributed by atoms with Gasteiger partial charge in [-0.3, -0.25) is 0 Å². The van der Waals surface area contributed by atoms with E-state index in [1.54, 1.807) is 0 Å². The summed E-state index contributed by atoms with van der Waals surface area (Å²) in [6.45, 7) is 8.82. The Morgan fingerprint density at radius 1 is 1.26 bits per heavy atom. The summed E-state index contributed by atoms with van der Waals surface area (Å²) in [5, 5.41) is 3.68. The van der Waals surface area contributed by atoms with Crippen LogP contribution in [0.2, 0.25) is 0 Å². The molecule has 0 spiro atoms. The van der Waals surface area contributed by atoms with Gasteiger partial charge in [0.15, 0.2) is 0 Å². The summed E-state index contributed by atoms with van der Waals surface area (Å²) in [4.78, 5) is 0. The van der Waals surface area contributed by atoms with Gasteiger partial charge in [-0.05, 0) is 55.7 Å². The van der Waals surface area contributed by atoms with E-state index in [1.165, 1.54) is 23.6 Å². The molecular formula is C16H25NOS. The molecule has 1 atom stereocenters. The van der Waals surface area contributed by atoms with E-state index in [-0.39, 0.29) is 6.10 Å². The van der Waals surface area contributed by atoms with Crippen LogP contribution < -0.4 is 10.1 Å². The van der Waals surface area contributed by atoms with E-state index in [0.29, 0.717) is 11.5 Å². The molecule has 0 aromatic heterocycles. The normalized spacial score (nSPS) is 22.3. The van der Waals surface area contributed by atoms with E-state index in [0.717, 1.165) is 5.75 Å². The zero-order valence-electron chi connectivity index (χ0n) is 12.4. The van der Waals surface area contributed by atoms with E-state index in [2.05, 4.69) is 31.3 Å². The van der Waals surface area contributed by atoms with Gasteiger partial charge in [-0.25, -0.2) is 0 Å². The summed E-state index contributed by atoms with van der Waals surface area (Å²) in [7, 11) is 0. The number of rotatable bonds is 4. The molecule has 0 bridgehead atoms. The van der Waals surface area contributed by atoms with Crippen molar-refractivity contribution >= 4 is 17.4 Å². The number of benzene rings is 1. The van der Waals surface area contributed by atoms with E-state index in [1.807, 2.05) is 37.7 Å². The molecule has 0 radical (unpaired) electrons. The lowest BCUT2D eigenvalue weighted by molar-refractivity contribution is 0.242. The molecule has 0 amide bonds. The average Bonchev–Trinajstić information content (AvgIpc) is 2.33. The van der Waals surface area contributed by atoms with Crippen LogP contribution in [0.15, 0.2) is 24.3 Å². The van der Waals surface area contributed by atoms with Gasteiger partial charge in [0.1, 0.15) is 5.75 Å². The van der Waals surface area contributed by atoms with Crippen LogP contribution in [0.3, 0.4) is 0 Å². The minimum absolute atomic E-state index is 0.229. The van der Waals surface area contributed by atoms with Crippen LogP contribution in [0.5, 0.6) is 5.75 Å². The Morgan fingerprint density at radius 3 is 2.53 bits per heavy atom. The van der Waals surface area contributed by atoms with Gasteiger partial charge < -0.3 is 10.1 Å². The van der Waals surface area contributed by atoms with Crippen molar-refractivity contribution in [2.45, 2.75) is 46.3 Å². The first-order valence-electron chi connectivity index (χ1n) is 7.08. The summed E-state index contributed by atoms with van der Waals surface area (Å²) in [5.41, 5.74) is 1.56. The van der Waals surface area contributed by atoms with E-state index in [9.17, 15) is 0 Å². The highest BCUT2D eigenvalue weighted by molar-refractivity contribution is 7.99. The first-order chi connectivity index (χ1) is 8.97. The van der Waals surface area contributed by atoms with E-state index in [4.69, 9.17) is 4.74 Å². The van der Waals surface area contributed by atoms with Gasteiger partial charge in [0.2, 0.25) is 0 Å². The molecule has 1 heterocycles. The topological polar surface area (TPSA) is 21.3 Å². The van der Waals surface area contributed by atoms with Gasteiger partial charge in [0, 0.05) is 17.5 Å². The number of hydrogen-bond donors (Lipinski definition) is 1. The SMILES string of the molecule is CC(C)Oc1ccc(NC2CSCCC2(C)C)cc1. The molecule has 0 saturated carbocycles. The largest absolute Gasteiger partial charge is 0.491 e. The highest BCUT2D eigenvalue weighted by atomic mass is 32.2. The fraction of sp³-hybridized carbons (Fsp3) is 0.625. The lowest BCUT2D eigenvalue weighted by atomic mass is 9.82. The molecule has 1 aliphatic heterocycles. The van der Waals surface area contributed by atoms with Crippen LogP contribution in [-0.2, 0) is 0 Å². The average molecular weight is 279 g/mol. The minimum atomic E-state index is 0.229. The van der Waals surface area contributed by atoms with Gasteiger partial charge in [-0.15, -0.1) is 0 Å². The second-order valence-corrected chi connectivity index (χ2v) is 7.35. The highest BCUT2D eigenvalue weighted by Gasteiger charge is 2.32. The van der Waals surface area contributed by atoms with E-state index >= 15 is 0 Å². The maximum Gasteiger partial charge on any atom is 0.119 e. The zero-order chi connectivity index (χ0) is 13.9.